The van der Waals surface area contributed by atoms with Crippen molar-refractivity contribution in [1.29, 1.82) is 0 Å². The highest BCUT2D eigenvalue weighted by Crippen LogP contribution is 2.11. The SMILES string of the molecule is COC(=O)c1cccc(NC(=O)NCc2ccncc2)c1. The van der Waals surface area contributed by atoms with Crippen LogP contribution in [0.15, 0.2) is 48.8 Å². The van der Waals surface area contributed by atoms with Gasteiger partial charge in [0.05, 0.1) is 12.7 Å². The topological polar surface area (TPSA) is 80.3 Å². The highest BCUT2D eigenvalue weighted by Gasteiger charge is 2.07. The zero-order valence-corrected chi connectivity index (χ0v) is 11.5. The molecule has 0 aliphatic carbocycles. The Morgan fingerprint density at radius 1 is 1.19 bits per heavy atom. The van der Waals surface area contributed by atoms with Gasteiger partial charge >= 0.3 is 12.0 Å². The summed E-state index contributed by atoms with van der Waals surface area (Å²) < 4.78 is 4.63. The predicted octanol–water partition coefficient (Wildman–Crippen LogP) is 2.19. The number of rotatable bonds is 4. The van der Waals surface area contributed by atoms with E-state index < -0.39 is 5.97 Å². The number of ether oxygens (including phenoxy) is 1. The number of methoxy groups -OCH3 is 1. The number of hydrogen-bond acceptors (Lipinski definition) is 4. The lowest BCUT2D eigenvalue weighted by Crippen LogP contribution is -2.28. The number of nitrogens with one attached hydrogen (secondary N) is 2. The van der Waals surface area contributed by atoms with Gasteiger partial charge in [-0.3, -0.25) is 4.98 Å². The van der Waals surface area contributed by atoms with Gasteiger partial charge in [-0.2, -0.15) is 0 Å². The molecule has 6 nitrogen and oxygen atoms in total. The number of pyridine rings is 1. The zero-order chi connectivity index (χ0) is 15.1. The zero-order valence-electron chi connectivity index (χ0n) is 11.5. The Kier molecular flexibility index (Phi) is 4.87. The van der Waals surface area contributed by atoms with Gasteiger partial charge in [0.1, 0.15) is 0 Å². The number of nitrogens with zero attached hydrogens (tertiary/aromatic N) is 1. The van der Waals surface area contributed by atoms with Crippen molar-refractivity contribution in [1.82, 2.24) is 10.3 Å². The molecule has 0 fully saturated rings. The van der Waals surface area contributed by atoms with Crippen LogP contribution in [0.2, 0.25) is 0 Å². The van der Waals surface area contributed by atoms with Crippen molar-refractivity contribution in [3.05, 3.63) is 59.9 Å². The lowest BCUT2D eigenvalue weighted by molar-refractivity contribution is 0.0600. The van der Waals surface area contributed by atoms with Gasteiger partial charge in [0.25, 0.3) is 0 Å². The molecule has 1 heterocycles. The van der Waals surface area contributed by atoms with Crippen LogP contribution in [-0.2, 0) is 11.3 Å². The van der Waals surface area contributed by atoms with Gasteiger partial charge in [-0.1, -0.05) is 6.07 Å². The molecule has 108 valence electrons. The Labute approximate surface area is 122 Å². The summed E-state index contributed by atoms with van der Waals surface area (Å²) in [5, 5.41) is 5.37. The van der Waals surface area contributed by atoms with E-state index in [9.17, 15) is 9.59 Å². The average molecular weight is 285 g/mol. The number of carbonyl (C=O) groups is 2. The third-order valence-corrected chi connectivity index (χ3v) is 2.74. The summed E-state index contributed by atoms with van der Waals surface area (Å²) in [6.07, 6.45) is 3.32. The molecule has 2 aromatic rings. The summed E-state index contributed by atoms with van der Waals surface area (Å²) >= 11 is 0. The minimum Gasteiger partial charge on any atom is -0.465 e. The summed E-state index contributed by atoms with van der Waals surface area (Å²) in [6, 6.07) is 9.82. The number of anilines is 1. The fourth-order valence-corrected chi connectivity index (χ4v) is 1.70. The fourth-order valence-electron chi connectivity index (χ4n) is 1.70. The van der Waals surface area contributed by atoms with E-state index in [1.807, 2.05) is 12.1 Å². The minimum absolute atomic E-state index is 0.353. The van der Waals surface area contributed by atoms with Gasteiger partial charge in [0, 0.05) is 24.6 Å². The molecule has 1 aromatic heterocycles. The maximum atomic E-state index is 11.8. The predicted molar refractivity (Wildman–Crippen MR) is 77.9 cm³/mol. The monoisotopic (exact) mass is 285 g/mol. The number of carbonyl (C=O) groups excluding carboxylic acids is 2. The Bertz CT molecular complexity index is 629. The van der Waals surface area contributed by atoms with Crippen LogP contribution >= 0.6 is 0 Å². The van der Waals surface area contributed by atoms with Crippen molar-refractivity contribution >= 4 is 17.7 Å². The number of benzene rings is 1. The van der Waals surface area contributed by atoms with Crippen LogP contribution in [0.25, 0.3) is 0 Å². The van der Waals surface area contributed by atoms with E-state index in [0.29, 0.717) is 17.8 Å². The molecule has 1 aromatic carbocycles. The van der Waals surface area contributed by atoms with E-state index in [0.717, 1.165) is 5.56 Å². The van der Waals surface area contributed by atoms with E-state index in [-0.39, 0.29) is 6.03 Å². The third kappa shape index (κ3) is 4.31. The number of amides is 2. The van der Waals surface area contributed by atoms with Crippen molar-refractivity contribution in [3.8, 4) is 0 Å². The third-order valence-electron chi connectivity index (χ3n) is 2.74. The van der Waals surface area contributed by atoms with E-state index >= 15 is 0 Å². The number of urea groups is 1. The van der Waals surface area contributed by atoms with Crippen molar-refractivity contribution in [2.75, 3.05) is 12.4 Å². The second-order valence-electron chi connectivity index (χ2n) is 4.24. The molecule has 2 rings (SSSR count). The largest absolute Gasteiger partial charge is 0.465 e. The Morgan fingerprint density at radius 2 is 1.95 bits per heavy atom. The standard InChI is InChI=1S/C15H15N3O3/c1-21-14(19)12-3-2-4-13(9-12)18-15(20)17-10-11-5-7-16-8-6-11/h2-9H,10H2,1H3,(H2,17,18,20). The Balaban J connectivity index is 1.92. The van der Waals surface area contributed by atoms with E-state index in [4.69, 9.17) is 0 Å². The molecule has 0 saturated carbocycles. The molecule has 21 heavy (non-hydrogen) atoms. The molecule has 0 radical (unpaired) electrons. The van der Waals surface area contributed by atoms with E-state index in [1.54, 1.807) is 36.7 Å². The molecular weight excluding hydrogens is 270 g/mol. The molecule has 0 aliphatic rings. The summed E-state index contributed by atoms with van der Waals surface area (Å²) in [4.78, 5) is 27.1. The highest BCUT2D eigenvalue weighted by atomic mass is 16.5. The van der Waals surface area contributed by atoms with E-state index in [1.165, 1.54) is 7.11 Å². The van der Waals surface area contributed by atoms with Gasteiger partial charge in [-0.05, 0) is 35.9 Å². The molecule has 6 heteroatoms. The molecular formula is C15H15N3O3. The molecule has 0 unspecified atom stereocenters. The summed E-state index contributed by atoms with van der Waals surface area (Å²) in [6.45, 7) is 0.394. The minimum atomic E-state index is -0.448. The Morgan fingerprint density at radius 3 is 2.67 bits per heavy atom. The van der Waals surface area contributed by atoms with Crippen LogP contribution in [-0.4, -0.2) is 24.1 Å². The number of esters is 1. The number of hydrogen-bond donors (Lipinski definition) is 2. The van der Waals surface area contributed by atoms with Crippen LogP contribution in [0.5, 0.6) is 0 Å². The second-order valence-corrected chi connectivity index (χ2v) is 4.24. The number of aromatic nitrogens is 1. The maximum Gasteiger partial charge on any atom is 0.337 e. The summed E-state index contributed by atoms with van der Waals surface area (Å²) in [5.74, 6) is -0.448. The second kappa shape index (κ2) is 7.04. The maximum absolute atomic E-state index is 11.8. The highest BCUT2D eigenvalue weighted by molar-refractivity contribution is 5.93. The first-order chi connectivity index (χ1) is 10.2. The first-order valence-corrected chi connectivity index (χ1v) is 6.31. The van der Waals surface area contributed by atoms with Gasteiger partial charge in [0.15, 0.2) is 0 Å². The normalized spacial score (nSPS) is 9.76. The van der Waals surface area contributed by atoms with Gasteiger partial charge in [0.2, 0.25) is 0 Å². The molecule has 0 aliphatic heterocycles. The van der Waals surface area contributed by atoms with Crippen LogP contribution in [0.4, 0.5) is 10.5 Å². The molecule has 2 amide bonds. The average Bonchev–Trinajstić information content (AvgIpc) is 2.53. The molecule has 2 N–H and O–H groups in total. The van der Waals surface area contributed by atoms with Gasteiger partial charge < -0.3 is 15.4 Å². The smallest absolute Gasteiger partial charge is 0.337 e. The van der Waals surface area contributed by atoms with Crippen LogP contribution in [0, 0.1) is 0 Å². The lowest BCUT2D eigenvalue weighted by atomic mass is 10.2. The lowest BCUT2D eigenvalue weighted by Gasteiger charge is -2.08. The van der Waals surface area contributed by atoms with Crippen molar-refractivity contribution < 1.29 is 14.3 Å². The first kappa shape index (κ1) is 14.5. The van der Waals surface area contributed by atoms with E-state index in [2.05, 4.69) is 20.4 Å². The quantitative estimate of drug-likeness (QED) is 0.844. The van der Waals surface area contributed by atoms with Crippen molar-refractivity contribution in [3.63, 3.8) is 0 Å². The Hall–Kier alpha value is -2.89. The molecule has 0 bridgehead atoms. The first-order valence-electron chi connectivity index (χ1n) is 6.31. The van der Waals surface area contributed by atoms with Gasteiger partial charge in [-0.15, -0.1) is 0 Å². The molecule has 0 saturated heterocycles. The molecule has 0 spiro atoms. The van der Waals surface area contributed by atoms with Crippen molar-refractivity contribution in [2.45, 2.75) is 6.54 Å². The van der Waals surface area contributed by atoms with Crippen LogP contribution in [0.1, 0.15) is 15.9 Å². The molecule has 0 atom stereocenters. The van der Waals surface area contributed by atoms with Crippen molar-refractivity contribution in [2.24, 2.45) is 0 Å². The van der Waals surface area contributed by atoms with Crippen LogP contribution < -0.4 is 10.6 Å². The summed E-state index contributed by atoms with van der Waals surface area (Å²) in [7, 11) is 1.31. The summed E-state index contributed by atoms with van der Waals surface area (Å²) in [5.41, 5.74) is 1.85. The van der Waals surface area contributed by atoms with Gasteiger partial charge in [-0.25, -0.2) is 9.59 Å². The van der Waals surface area contributed by atoms with Crippen LogP contribution in [0.3, 0.4) is 0 Å². The fraction of sp³-hybridized carbons (Fsp3) is 0.133.